The van der Waals surface area contributed by atoms with Crippen LogP contribution in [0.1, 0.15) is 17.0 Å². The Morgan fingerprint density at radius 2 is 2.03 bits per heavy atom. The minimum atomic E-state index is -0.143. The molecule has 0 saturated carbocycles. The van der Waals surface area contributed by atoms with Crippen LogP contribution in [0.25, 0.3) is 0 Å². The van der Waals surface area contributed by atoms with Crippen molar-refractivity contribution in [2.75, 3.05) is 17.9 Å². The summed E-state index contributed by atoms with van der Waals surface area (Å²) in [5.41, 5.74) is 2.94. The summed E-state index contributed by atoms with van der Waals surface area (Å²) in [7, 11) is 1.86. The molecule has 156 valence electrons. The number of aryl methyl sites for hydroxylation is 1. The minimum absolute atomic E-state index is 0.143. The maximum atomic E-state index is 12.3. The van der Waals surface area contributed by atoms with Gasteiger partial charge in [0, 0.05) is 18.8 Å². The van der Waals surface area contributed by atoms with E-state index in [1.165, 1.54) is 17.3 Å². The number of rotatable bonds is 7. The van der Waals surface area contributed by atoms with Crippen molar-refractivity contribution >= 4 is 23.4 Å². The number of hydrogen-bond donors (Lipinski definition) is 1. The molecular formula is C21H22N4O4S. The Morgan fingerprint density at radius 3 is 2.90 bits per heavy atom. The average molecular weight is 426 g/mol. The number of nitrogens with one attached hydrogen (secondary N) is 1. The molecule has 0 spiro atoms. The fourth-order valence-electron chi connectivity index (χ4n) is 2.92. The molecule has 0 radical (unpaired) electrons. The van der Waals surface area contributed by atoms with Gasteiger partial charge in [0.05, 0.1) is 5.75 Å². The highest BCUT2D eigenvalue weighted by atomic mass is 32.2. The second kappa shape index (κ2) is 8.66. The summed E-state index contributed by atoms with van der Waals surface area (Å²) < 4.78 is 18.3. The molecule has 0 aliphatic carbocycles. The highest BCUT2D eigenvalue weighted by Crippen LogP contribution is 2.34. The normalized spacial score (nSPS) is 12.1. The SMILES string of the molecule is Cc1cccc(OCc2nnc(SCC(=O)Nc3ccc4c(c3)OCO4)n2C)c1C. The second-order valence-corrected chi connectivity index (χ2v) is 7.79. The number of anilines is 1. The number of thioether (sulfide) groups is 1. The van der Waals surface area contributed by atoms with Gasteiger partial charge in [0.1, 0.15) is 12.4 Å². The Labute approximate surface area is 178 Å². The number of carbonyl (C=O) groups is 1. The van der Waals surface area contributed by atoms with Crippen molar-refractivity contribution in [2.45, 2.75) is 25.6 Å². The van der Waals surface area contributed by atoms with Crippen molar-refractivity contribution in [3.05, 3.63) is 53.3 Å². The van der Waals surface area contributed by atoms with Gasteiger partial charge in [-0.25, -0.2) is 0 Å². The summed E-state index contributed by atoms with van der Waals surface area (Å²) in [4.78, 5) is 12.3. The highest BCUT2D eigenvalue weighted by Gasteiger charge is 2.16. The molecule has 2 heterocycles. The fraction of sp³-hybridized carbons (Fsp3) is 0.286. The van der Waals surface area contributed by atoms with Crippen LogP contribution in [0.4, 0.5) is 5.69 Å². The topological polar surface area (TPSA) is 87.5 Å². The first-order valence-electron chi connectivity index (χ1n) is 9.41. The van der Waals surface area contributed by atoms with Gasteiger partial charge < -0.3 is 24.1 Å². The molecule has 8 nitrogen and oxygen atoms in total. The first kappa shape index (κ1) is 20.1. The van der Waals surface area contributed by atoms with E-state index in [0.717, 1.165) is 11.3 Å². The van der Waals surface area contributed by atoms with Crippen molar-refractivity contribution in [3.63, 3.8) is 0 Å². The monoisotopic (exact) mass is 426 g/mol. The third-order valence-corrected chi connectivity index (χ3v) is 5.85. The van der Waals surface area contributed by atoms with Crippen molar-refractivity contribution in [1.29, 1.82) is 0 Å². The zero-order chi connectivity index (χ0) is 21.1. The second-order valence-electron chi connectivity index (χ2n) is 6.85. The van der Waals surface area contributed by atoms with Gasteiger partial charge in [0.2, 0.25) is 12.7 Å². The molecule has 9 heteroatoms. The van der Waals surface area contributed by atoms with Crippen LogP contribution in [0.3, 0.4) is 0 Å². The smallest absolute Gasteiger partial charge is 0.234 e. The lowest BCUT2D eigenvalue weighted by molar-refractivity contribution is -0.113. The van der Waals surface area contributed by atoms with Gasteiger partial charge in [-0.2, -0.15) is 0 Å². The Kier molecular flexibility index (Phi) is 5.80. The molecule has 1 aromatic heterocycles. The van der Waals surface area contributed by atoms with Gasteiger partial charge >= 0.3 is 0 Å². The molecule has 4 rings (SSSR count). The Hall–Kier alpha value is -3.20. The Balaban J connectivity index is 1.31. The van der Waals surface area contributed by atoms with Crippen LogP contribution in [0.15, 0.2) is 41.6 Å². The molecule has 0 unspecified atom stereocenters. The average Bonchev–Trinajstić information content (AvgIpc) is 3.34. The van der Waals surface area contributed by atoms with Gasteiger partial charge in [-0.3, -0.25) is 4.79 Å². The van der Waals surface area contributed by atoms with E-state index in [4.69, 9.17) is 14.2 Å². The molecule has 1 aliphatic rings. The number of amides is 1. The molecule has 0 saturated heterocycles. The van der Waals surface area contributed by atoms with Gasteiger partial charge in [0.25, 0.3) is 0 Å². The lowest BCUT2D eigenvalue weighted by Crippen LogP contribution is -2.14. The van der Waals surface area contributed by atoms with Gasteiger partial charge in [-0.1, -0.05) is 23.9 Å². The van der Waals surface area contributed by atoms with Gasteiger partial charge in [0.15, 0.2) is 22.5 Å². The van der Waals surface area contributed by atoms with E-state index in [1.807, 2.05) is 43.7 Å². The summed E-state index contributed by atoms with van der Waals surface area (Å²) in [5, 5.41) is 11.9. The first-order chi connectivity index (χ1) is 14.5. The molecular weight excluding hydrogens is 404 g/mol. The largest absolute Gasteiger partial charge is 0.485 e. The number of nitrogens with zero attached hydrogens (tertiary/aromatic N) is 3. The van der Waals surface area contributed by atoms with E-state index in [-0.39, 0.29) is 18.5 Å². The molecule has 1 aliphatic heterocycles. The maximum absolute atomic E-state index is 12.3. The molecule has 0 atom stereocenters. The molecule has 2 aromatic carbocycles. The van der Waals surface area contributed by atoms with E-state index in [1.54, 1.807) is 18.2 Å². The summed E-state index contributed by atoms with van der Waals surface area (Å²) in [5.74, 6) is 2.89. The van der Waals surface area contributed by atoms with Crippen LogP contribution in [-0.2, 0) is 18.4 Å². The highest BCUT2D eigenvalue weighted by molar-refractivity contribution is 7.99. The number of fused-ring (bicyclic) bond motifs is 1. The van der Waals surface area contributed by atoms with E-state index in [2.05, 4.69) is 15.5 Å². The fourth-order valence-corrected chi connectivity index (χ4v) is 3.65. The lowest BCUT2D eigenvalue weighted by atomic mass is 10.1. The van der Waals surface area contributed by atoms with Crippen LogP contribution in [0.5, 0.6) is 17.2 Å². The van der Waals surface area contributed by atoms with Crippen molar-refractivity contribution in [3.8, 4) is 17.2 Å². The van der Waals surface area contributed by atoms with Crippen molar-refractivity contribution < 1.29 is 19.0 Å². The first-order valence-corrected chi connectivity index (χ1v) is 10.4. The Morgan fingerprint density at radius 1 is 1.20 bits per heavy atom. The predicted molar refractivity (Wildman–Crippen MR) is 113 cm³/mol. The van der Waals surface area contributed by atoms with Crippen LogP contribution >= 0.6 is 11.8 Å². The van der Waals surface area contributed by atoms with Crippen molar-refractivity contribution in [1.82, 2.24) is 14.8 Å². The molecule has 30 heavy (non-hydrogen) atoms. The lowest BCUT2D eigenvalue weighted by Gasteiger charge is -2.10. The quantitative estimate of drug-likeness (QED) is 0.579. The molecule has 1 amide bonds. The molecule has 1 N–H and O–H groups in total. The van der Waals surface area contributed by atoms with Crippen LogP contribution < -0.4 is 19.5 Å². The minimum Gasteiger partial charge on any atom is -0.485 e. The molecule has 3 aromatic rings. The van der Waals surface area contributed by atoms with Crippen molar-refractivity contribution in [2.24, 2.45) is 7.05 Å². The number of hydrogen-bond acceptors (Lipinski definition) is 7. The van der Waals surface area contributed by atoms with Crippen LogP contribution in [0.2, 0.25) is 0 Å². The summed E-state index contributed by atoms with van der Waals surface area (Å²) in [6.45, 7) is 4.58. The number of ether oxygens (including phenoxy) is 3. The van der Waals surface area contributed by atoms with Crippen LogP contribution in [0, 0.1) is 13.8 Å². The zero-order valence-corrected chi connectivity index (χ0v) is 17.8. The predicted octanol–water partition coefficient (Wildman–Crippen LogP) is 3.47. The number of carbonyl (C=O) groups excluding carboxylic acids is 1. The number of aromatic nitrogens is 3. The standard InChI is InChI=1S/C21H22N4O4S/c1-13-5-4-6-16(14(13)2)27-10-19-23-24-21(25(19)3)30-11-20(26)22-15-7-8-17-18(9-15)29-12-28-17/h4-9H,10-12H2,1-3H3,(H,22,26). The summed E-state index contributed by atoms with van der Waals surface area (Å²) >= 11 is 1.31. The molecule has 0 bridgehead atoms. The molecule has 0 fully saturated rings. The summed E-state index contributed by atoms with van der Waals surface area (Å²) in [6.07, 6.45) is 0. The zero-order valence-electron chi connectivity index (χ0n) is 17.0. The van der Waals surface area contributed by atoms with E-state index in [0.29, 0.717) is 34.8 Å². The van der Waals surface area contributed by atoms with E-state index >= 15 is 0 Å². The van der Waals surface area contributed by atoms with E-state index < -0.39 is 0 Å². The number of benzene rings is 2. The van der Waals surface area contributed by atoms with Crippen LogP contribution in [-0.4, -0.2) is 33.2 Å². The van der Waals surface area contributed by atoms with Gasteiger partial charge in [-0.15, -0.1) is 10.2 Å². The third kappa shape index (κ3) is 4.35. The van der Waals surface area contributed by atoms with E-state index in [9.17, 15) is 4.79 Å². The van der Waals surface area contributed by atoms with Gasteiger partial charge in [-0.05, 0) is 43.2 Å². The third-order valence-electron chi connectivity index (χ3n) is 4.83. The summed E-state index contributed by atoms with van der Waals surface area (Å²) in [6, 6.07) is 11.3. The Bertz CT molecular complexity index is 1080. The maximum Gasteiger partial charge on any atom is 0.234 e.